The molecule has 0 heterocycles. The van der Waals surface area contributed by atoms with E-state index in [9.17, 15) is 0 Å². The lowest BCUT2D eigenvalue weighted by Crippen LogP contribution is -2.30. The van der Waals surface area contributed by atoms with Gasteiger partial charge in [-0.1, -0.05) is 18.7 Å². The van der Waals surface area contributed by atoms with E-state index >= 15 is 0 Å². The highest BCUT2D eigenvalue weighted by Gasteiger charge is 2.14. The van der Waals surface area contributed by atoms with Gasteiger partial charge in [-0.25, -0.2) is 4.31 Å². The molecule has 0 saturated heterocycles. The highest BCUT2D eigenvalue weighted by molar-refractivity contribution is 8.15. The van der Waals surface area contributed by atoms with Gasteiger partial charge in [0.1, 0.15) is 6.07 Å². The fourth-order valence-electron chi connectivity index (χ4n) is 1.15. The molecule has 0 rings (SSSR count). The summed E-state index contributed by atoms with van der Waals surface area (Å²) in [6, 6.07) is 2.98. The third kappa shape index (κ3) is 6.41. The summed E-state index contributed by atoms with van der Waals surface area (Å²) in [6.07, 6.45) is 1.06. The number of hydrogen-bond acceptors (Lipinski definition) is 5. The molecule has 0 aliphatic heterocycles. The second kappa shape index (κ2) is 8.91. The van der Waals surface area contributed by atoms with E-state index in [-0.39, 0.29) is 0 Å². The molecule has 0 unspecified atom stereocenters. The van der Waals surface area contributed by atoms with E-state index in [1.807, 2.05) is 0 Å². The maximum Gasteiger partial charge on any atom is 0.183 e. The van der Waals surface area contributed by atoms with Crippen molar-refractivity contribution >= 4 is 28.9 Å². The summed E-state index contributed by atoms with van der Waals surface area (Å²) in [7, 11) is 0. The van der Waals surface area contributed by atoms with Crippen LogP contribution in [0.2, 0.25) is 0 Å². The highest BCUT2D eigenvalue weighted by atomic mass is 32.2. The monoisotopic (exact) mass is 259 g/mol. The van der Waals surface area contributed by atoms with Crippen LogP contribution in [-0.2, 0) is 0 Å². The van der Waals surface area contributed by atoms with Gasteiger partial charge in [0.15, 0.2) is 5.04 Å². The maximum atomic E-state index is 8.91. The lowest BCUT2D eigenvalue weighted by molar-refractivity contribution is 0.336. The van der Waals surface area contributed by atoms with E-state index in [1.165, 1.54) is 23.9 Å². The van der Waals surface area contributed by atoms with Gasteiger partial charge in [0.05, 0.1) is 12.1 Å². The van der Waals surface area contributed by atoms with Crippen molar-refractivity contribution in [3.05, 3.63) is 0 Å². The fraction of sp³-hybridized carbons (Fsp3) is 0.818. The zero-order chi connectivity index (χ0) is 12.6. The third-order valence-electron chi connectivity index (χ3n) is 1.77. The van der Waals surface area contributed by atoms with Crippen LogP contribution in [0, 0.1) is 11.3 Å². The van der Waals surface area contributed by atoms with Crippen LogP contribution in [-0.4, -0.2) is 27.2 Å². The van der Waals surface area contributed by atoms with Crippen LogP contribution in [0.3, 0.4) is 0 Å². The summed E-state index contributed by atoms with van der Waals surface area (Å²) in [4.78, 5) is 0. The Balaban J connectivity index is 4.34. The van der Waals surface area contributed by atoms with Gasteiger partial charge < -0.3 is 0 Å². The fourth-order valence-corrected chi connectivity index (χ4v) is 2.51. The molecule has 0 atom stereocenters. The number of hydrogen-bond donors (Lipinski definition) is 0. The predicted octanol–water partition coefficient (Wildman–Crippen LogP) is 3.73. The lowest BCUT2D eigenvalue weighted by atomic mass is 10.3. The Kier molecular flexibility index (Phi) is 8.81. The minimum absolute atomic E-state index is 0.421. The van der Waals surface area contributed by atoms with Crippen LogP contribution < -0.4 is 0 Å². The second-order valence-corrected chi connectivity index (χ2v) is 5.84. The molecular weight excluding hydrogens is 238 g/mol. The van der Waals surface area contributed by atoms with Crippen LogP contribution in [0.5, 0.6) is 0 Å². The van der Waals surface area contributed by atoms with E-state index in [4.69, 9.17) is 5.26 Å². The number of nitriles is 1. The summed E-state index contributed by atoms with van der Waals surface area (Å²) in [5.74, 6) is 0.955. The normalized spacial score (nSPS) is 12.6. The van der Waals surface area contributed by atoms with Crippen LogP contribution >= 0.6 is 23.9 Å². The van der Waals surface area contributed by atoms with Gasteiger partial charge in [0.25, 0.3) is 0 Å². The quantitative estimate of drug-likeness (QED) is 0.414. The van der Waals surface area contributed by atoms with Crippen molar-refractivity contribution < 1.29 is 0 Å². The minimum atomic E-state index is 0.421. The number of rotatable bonds is 6. The van der Waals surface area contributed by atoms with Gasteiger partial charge in [0.2, 0.25) is 0 Å². The molecule has 5 heteroatoms. The minimum Gasteiger partial charge on any atom is -0.226 e. The van der Waals surface area contributed by atoms with Crippen LogP contribution in [0.1, 0.15) is 41.0 Å². The molecule has 0 aromatic heterocycles. The van der Waals surface area contributed by atoms with E-state index in [1.54, 1.807) is 0 Å². The number of nitrogens with zero attached hydrogens (tertiary/aromatic N) is 3. The van der Waals surface area contributed by atoms with Crippen molar-refractivity contribution in [1.82, 2.24) is 4.31 Å². The van der Waals surface area contributed by atoms with Crippen LogP contribution in [0.25, 0.3) is 0 Å². The van der Waals surface area contributed by atoms with Crippen molar-refractivity contribution in [2.24, 2.45) is 4.40 Å². The Hall–Kier alpha value is -0.180. The Morgan fingerprint density at radius 2 is 1.88 bits per heavy atom. The Bertz CT molecular complexity index is 248. The largest absolute Gasteiger partial charge is 0.226 e. The molecule has 0 aromatic rings. The zero-order valence-corrected chi connectivity index (χ0v) is 12.4. The van der Waals surface area contributed by atoms with Gasteiger partial charge in [0, 0.05) is 12.1 Å². The molecule has 0 aromatic carbocycles. The Morgan fingerprint density at radius 3 is 2.25 bits per heavy atom. The summed E-state index contributed by atoms with van der Waals surface area (Å²) < 4.78 is 6.47. The van der Waals surface area contributed by atoms with Crippen molar-refractivity contribution in [2.45, 2.75) is 53.1 Å². The Labute approximate surface area is 108 Å². The first-order valence-corrected chi connectivity index (χ1v) is 7.30. The highest BCUT2D eigenvalue weighted by Crippen LogP contribution is 2.21. The third-order valence-corrected chi connectivity index (χ3v) is 4.25. The molecule has 0 bridgehead atoms. The van der Waals surface area contributed by atoms with E-state index in [2.05, 4.69) is 49.4 Å². The van der Waals surface area contributed by atoms with Gasteiger partial charge in [-0.15, -0.1) is 0 Å². The van der Waals surface area contributed by atoms with Crippen molar-refractivity contribution in [3.63, 3.8) is 0 Å². The molecule has 0 aliphatic rings. The molecule has 0 saturated carbocycles. The van der Waals surface area contributed by atoms with E-state index in [0.717, 1.165) is 12.2 Å². The molecule has 0 aliphatic carbocycles. The standard InChI is InChI=1S/C11H21N3S2/c1-6-7-15-11(8-12)13-16-14(9(2)3)10(4)5/h9-10H,6-7H2,1-5H3. The van der Waals surface area contributed by atoms with E-state index < -0.39 is 0 Å². The molecule has 16 heavy (non-hydrogen) atoms. The van der Waals surface area contributed by atoms with Gasteiger partial charge in [-0.2, -0.15) is 9.66 Å². The first kappa shape index (κ1) is 15.8. The zero-order valence-electron chi connectivity index (χ0n) is 10.7. The maximum absolute atomic E-state index is 8.91. The van der Waals surface area contributed by atoms with Gasteiger partial charge in [-0.3, -0.25) is 0 Å². The van der Waals surface area contributed by atoms with Crippen molar-refractivity contribution in [1.29, 1.82) is 5.26 Å². The summed E-state index contributed by atoms with van der Waals surface area (Å²) in [5, 5.41) is 9.48. The summed E-state index contributed by atoms with van der Waals surface area (Å²) in [5.41, 5.74) is 0. The predicted molar refractivity (Wildman–Crippen MR) is 75.5 cm³/mol. The number of thioether (sulfide) groups is 1. The van der Waals surface area contributed by atoms with E-state index in [0.29, 0.717) is 17.1 Å². The summed E-state index contributed by atoms with van der Waals surface area (Å²) >= 11 is 2.93. The second-order valence-electron chi connectivity index (χ2n) is 3.99. The van der Waals surface area contributed by atoms with Gasteiger partial charge in [-0.05, 0) is 39.9 Å². The smallest absolute Gasteiger partial charge is 0.183 e. The summed E-state index contributed by atoms with van der Waals surface area (Å²) in [6.45, 7) is 10.6. The van der Waals surface area contributed by atoms with Crippen LogP contribution in [0.15, 0.2) is 4.40 Å². The Morgan fingerprint density at radius 1 is 1.31 bits per heavy atom. The molecular formula is C11H21N3S2. The topological polar surface area (TPSA) is 39.4 Å². The van der Waals surface area contributed by atoms with Gasteiger partial charge >= 0.3 is 0 Å². The molecule has 0 spiro atoms. The molecule has 0 N–H and O–H groups in total. The lowest BCUT2D eigenvalue weighted by Gasteiger charge is -2.26. The molecule has 0 radical (unpaired) electrons. The first-order valence-electron chi connectivity index (χ1n) is 5.59. The average Bonchev–Trinajstić information content (AvgIpc) is 2.22. The van der Waals surface area contributed by atoms with Crippen molar-refractivity contribution in [3.8, 4) is 6.07 Å². The van der Waals surface area contributed by atoms with Crippen molar-refractivity contribution in [2.75, 3.05) is 5.75 Å². The van der Waals surface area contributed by atoms with Crippen LogP contribution in [0.4, 0.5) is 0 Å². The molecule has 3 nitrogen and oxygen atoms in total. The molecule has 0 amide bonds. The molecule has 92 valence electrons. The molecule has 0 fully saturated rings. The first-order chi connectivity index (χ1) is 7.52. The SMILES string of the molecule is CCCSC(C#N)=NSN(C(C)C)C(C)C. The average molecular weight is 259 g/mol.